The number of carbonyl (C=O) groups excluding carboxylic acids is 1. The van der Waals surface area contributed by atoms with Crippen LogP contribution in [0, 0.1) is 0 Å². The highest BCUT2D eigenvalue weighted by Gasteiger charge is 2.49. The number of amides is 1. The number of aromatic nitrogens is 4. The molecule has 10 heteroatoms. The summed E-state index contributed by atoms with van der Waals surface area (Å²) in [7, 11) is -3.25. The van der Waals surface area contributed by atoms with Gasteiger partial charge in [0, 0.05) is 31.7 Å². The maximum Gasteiger partial charge on any atom is 0.274 e. The molecule has 2 aliphatic rings. The fourth-order valence-electron chi connectivity index (χ4n) is 3.46. The summed E-state index contributed by atoms with van der Waals surface area (Å²) >= 11 is 0. The molecule has 1 amide bonds. The molecule has 0 saturated carbocycles. The van der Waals surface area contributed by atoms with E-state index in [0.29, 0.717) is 19.0 Å². The topological polar surface area (TPSA) is 109 Å². The van der Waals surface area contributed by atoms with E-state index in [0.717, 1.165) is 0 Å². The van der Waals surface area contributed by atoms with Crippen LogP contribution in [0.1, 0.15) is 10.5 Å². The Morgan fingerprint density at radius 1 is 1.04 bits per heavy atom. The molecule has 2 aromatic rings. The van der Waals surface area contributed by atoms with Crippen LogP contribution in [0.3, 0.4) is 0 Å². The third-order valence-corrected chi connectivity index (χ3v) is 6.24. The average Bonchev–Trinajstić information content (AvgIpc) is 2.96. The highest BCUT2D eigenvalue weighted by atomic mass is 32.2. The number of piperazine rings is 1. The number of hydrogen-bond donors (Lipinski definition) is 0. The summed E-state index contributed by atoms with van der Waals surface area (Å²) < 4.78 is 24.5. The molecule has 0 N–H and O–H groups in total. The van der Waals surface area contributed by atoms with Gasteiger partial charge in [0.2, 0.25) is 5.95 Å². The van der Waals surface area contributed by atoms with Gasteiger partial charge < -0.3 is 9.80 Å². The quantitative estimate of drug-likeness (QED) is 0.698. The van der Waals surface area contributed by atoms with Crippen molar-refractivity contribution in [1.82, 2.24) is 25.1 Å². The van der Waals surface area contributed by atoms with Gasteiger partial charge in [-0.1, -0.05) is 0 Å². The Balaban J connectivity index is 1.66. The van der Waals surface area contributed by atoms with E-state index in [1.165, 1.54) is 6.20 Å². The molecule has 0 aliphatic carbocycles. The molecular formula is C15H16N6O3S. The molecule has 4 heterocycles. The molecule has 0 radical (unpaired) electrons. The highest BCUT2D eigenvalue weighted by molar-refractivity contribution is 7.91. The molecule has 2 aromatic heterocycles. The number of rotatable bonds is 2. The second kappa shape index (κ2) is 6.03. The molecular weight excluding hydrogens is 344 g/mol. The minimum Gasteiger partial charge on any atom is -0.333 e. The van der Waals surface area contributed by atoms with Crippen molar-refractivity contribution in [3.05, 3.63) is 42.5 Å². The zero-order valence-corrected chi connectivity index (χ0v) is 14.1. The second-order valence-electron chi connectivity index (χ2n) is 6.06. The second-order valence-corrected chi connectivity index (χ2v) is 8.22. The number of carbonyl (C=O) groups is 1. The molecule has 0 unspecified atom stereocenters. The van der Waals surface area contributed by atoms with Crippen LogP contribution in [0.2, 0.25) is 0 Å². The van der Waals surface area contributed by atoms with Crippen molar-refractivity contribution in [2.45, 2.75) is 12.1 Å². The first kappa shape index (κ1) is 15.9. The SMILES string of the molecule is O=C(c1cccnn1)N1CCN(c2ncccn2)[C@@H]2CS(=O)(=O)C[C@@H]21. The van der Waals surface area contributed by atoms with Crippen LogP contribution in [-0.2, 0) is 9.84 Å². The summed E-state index contributed by atoms with van der Waals surface area (Å²) in [5, 5.41) is 7.58. The molecule has 0 spiro atoms. The fraction of sp³-hybridized carbons (Fsp3) is 0.400. The molecule has 2 saturated heterocycles. The van der Waals surface area contributed by atoms with Crippen molar-refractivity contribution in [3.63, 3.8) is 0 Å². The van der Waals surface area contributed by atoms with Crippen molar-refractivity contribution in [2.24, 2.45) is 0 Å². The van der Waals surface area contributed by atoms with Gasteiger partial charge in [0.15, 0.2) is 15.5 Å². The summed E-state index contributed by atoms with van der Waals surface area (Å²) in [4.78, 5) is 24.7. The Morgan fingerprint density at radius 2 is 1.80 bits per heavy atom. The minimum absolute atomic E-state index is 0.0137. The summed E-state index contributed by atoms with van der Waals surface area (Å²) in [6, 6.07) is 4.12. The van der Waals surface area contributed by atoms with Gasteiger partial charge in [-0.25, -0.2) is 18.4 Å². The molecule has 130 valence electrons. The zero-order valence-electron chi connectivity index (χ0n) is 13.3. The van der Waals surface area contributed by atoms with Crippen LogP contribution in [0.4, 0.5) is 5.95 Å². The normalized spacial score (nSPS) is 24.8. The van der Waals surface area contributed by atoms with Gasteiger partial charge in [0.25, 0.3) is 5.91 Å². The van der Waals surface area contributed by atoms with E-state index in [4.69, 9.17) is 0 Å². The van der Waals surface area contributed by atoms with E-state index >= 15 is 0 Å². The Hall–Kier alpha value is -2.62. The maximum absolute atomic E-state index is 12.8. The number of hydrogen-bond acceptors (Lipinski definition) is 8. The molecule has 2 fully saturated rings. The zero-order chi connectivity index (χ0) is 17.4. The predicted molar refractivity (Wildman–Crippen MR) is 88.7 cm³/mol. The van der Waals surface area contributed by atoms with Gasteiger partial charge in [-0.3, -0.25) is 4.79 Å². The van der Waals surface area contributed by atoms with E-state index in [2.05, 4.69) is 20.2 Å². The lowest BCUT2D eigenvalue weighted by atomic mass is 10.0. The Morgan fingerprint density at radius 3 is 2.52 bits per heavy atom. The molecule has 25 heavy (non-hydrogen) atoms. The lowest BCUT2D eigenvalue weighted by molar-refractivity contribution is 0.0640. The first-order chi connectivity index (χ1) is 12.1. The fourth-order valence-corrected chi connectivity index (χ4v) is 5.44. The highest BCUT2D eigenvalue weighted by Crippen LogP contribution is 2.29. The van der Waals surface area contributed by atoms with E-state index < -0.39 is 15.9 Å². The van der Waals surface area contributed by atoms with E-state index in [-0.39, 0.29) is 29.1 Å². The molecule has 0 aromatic carbocycles. The van der Waals surface area contributed by atoms with Crippen molar-refractivity contribution >= 4 is 21.7 Å². The average molecular weight is 360 g/mol. The molecule has 2 atom stereocenters. The minimum atomic E-state index is -3.25. The van der Waals surface area contributed by atoms with Crippen molar-refractivity contribution in [1.29, 1.82) is 0 Å². The summed E-state index contributed by atoms with van der Waals surface area (Å²) in [5.74, 6) is 0.114. The van der Waals surface area contributed by atoms with Crippen LogP contribution in [-0.4, -0.2) is 76.1 Å². The lowest BCUT2D eigenvalue weighted by Gasteiger charge is -2.43. The van der Waals surface area contributed by atoms with Gasteiger partial charge in [-0.05, 0) is 18.2 Å². The van der Waals surface area contributed by atoms with E-state index in [9.17, 15) is 13.2 Å². The number of anilines is 1. The smallest absolute Gasteiger partial charge is 0.274 e. The third kappa shape index (κ3) is 2.93. The Labute approximate surface area is 144 Å². The summed E-state index contributed by atoms with van der Waals surface area (Å²) in [5.41, 5.74) is 0.218. The van der Waals surface area contributed by atoms with E-state index in [1.807, 2.05) is 4.90 Å². The summed E-state index contributed by atoms with van der Waals surface area (Å²) in [6.07, 6.45) is 4.74. The molecule has 2 aliphatic heterocycles. The van der Waals surface area contributed by atoms with Crippen LogP contribution >= 0.6 is 0 Å². The van der Waals surface area contributed by atoms with Gasteiger partial charge in [0.05, 0.1) is 23.6 Å². The van der Waals surface area contributed by atoms with Crippen LogP contribution in [0.15, 0.2) is 36.8 Å². The van der Waals surface area contributed by atoms with Crippen molar-refractivity contribution in [3.8, 4) is 0 Å². The first-order valence-corrected chi connectivity index (χ1v) is 9.70. The number of nitrogens with zero attached hydrogens (tertiary/aromatic N) is 6. The van der Waals surface area contributed by atoms with Crippen molar-refractivity contribution < 1.29 is 13.2 Å². The number of fused-ring (bicyclic) bond motifs is 1. The van der Waals surface area contributed by atoms with Crippen molar-refractivity contribution in [2.75, 3.05) is 29.5 Å². The Kier molecular flexibility index (Phi) is 3.83. The van der Waals surface area contributed by atoms with Gasteiger partial charge in [-0.2, -0.15) is 5.10 Å². The van der Waals surface area contributed by atoms with Crippen LogP contribution < -0.4 is 4.90 Å². The predicted octanol–water partition coefficient (Wildman–Crippen LogP) is -0.605. The largest absolute Gasteiger partial charge is 0.333 e. The van der Waals surface area contributed by atoms with Gasteiger partial charge in [0.1, 0.15) is 0 Å². The summed E-state index contributed by atoms with van der Waals surface area (Å²) in [6.45, 7) is 0.844. The monoisotopic (exact) mass is 360 g/mol. The Bertz CT molecular complexity index is 877. The lowest BCUT2D eigenvalue weighted by Crippen LogP contribution is -2.61. The molecule has 0 bridgehead atoms. The molecule has 4 rings (SSSR count). The van der Waals surface area contributed by atoms with Crippen LogP contribution in [0.5, 0.6) is 0 Å². The number of sulfone groups is 1. The first-order valence-electron chi connectivity index (χ1n) is 7.88. The molecule has 9 nitrogen and oxygen atoms in total. The van der Waals surface area contributed by atoms with Crippen LogP contribution in [0.25, 0.3) is 0 Å². The maximum atomic E-state index is 12.8. The van der Waals surface area contributed by atoms with Gasteiger partial charge >= 0.3 is 0 Å². The standard InChI is InChI=1S/C15H16N6O3S/c22-14(11-3-1-6-18-19-11)20-7-8-21(15-16-4-2-5-17-15)13-10-25(23,24)9-12(13)20/h1-6,12-13H,7-10H2/t12-,13+/m0/s1. The third-order valence-electron chi connectivity index (χ3n) is 4.54. The van der Waals surface area contributed by atoms with E-state index in [1.54, 1.807) is 35.5 Å². The van der Waals surface area contributed by atoms with Gasteiger partial charge in [-0.15, -0.1) is 5.10 Å².